The van der Waals surface area contributed by atoms with Gasteiger partial charge in [0.2, 0.25) is 0 Å². The zero-order valence-electron chi connectivity index (χ0n) is 17.4. The van der Waals surface area contributed by atoms with Crippen molar-refractivity contribution in [2.45, 2.75) is 33.0 Å². The van der Waals surface area contributed by atoms with Crippen LogP contribution in [0.3, 0.4) is 0 Å². The average Bonchev–Trinajstić information content (AvgIpc) is 2.79. The van der Waals surface area contributed by atoms with E-state index in [2.05, 4.69) is 12.2 Å². The third-order valence-corrected chi connectivity index (χ3v) is 4.95. The standard InChI is InChI=1S/C25H24ClNO4/c1-3-18-10-14-21(15-11-18)27-24(28)17(2)31-25(29)22-6-4-5-7-23(22)30-16-19-8-12-20(26)13-9-19/h4-15,17H,3,16H2,1-2H3,(H,27,28)/t17-/m0/s1. The van der Waals surface area contributed by atoms with Crippen LogP contribution in [0.25, 0.3) is 0 Å². The SMILES string of the molecule is CCc1ccc(NC(=O)[C@H](C)OC(=O)c2ccccc2OCc2ccc(Cl)cc2)cc1. The molecule has 0 bridgehead atoms. The smallest absolute Gasteiger partial charge is 0.342 e. The minimum atomic E-state index is -0.970. The van der Waals surface area contributed by atoms with Crippen molar-refractivity contribution in [1.29, 1.82) is 0 Å². The second-order valence-corrected chi connectivity index (χ2v) is 7.44. The highest BCUT2D eigenvalue weighted by atomic mass is 35.5. The maximum Gasteiger partial charge on any atom is 0.342 e. The van der Waals surface area contributed by atoms with E-state index in [0.29, 0.717) is 16.5 Å². The van der Waals surface area contributed by atoms with Crippen molar-refractivity contribution in [3.8, 4) is 5.75 Å². The summed E-state index contributed by atoms with van der Waals surface area (Å²) < 4.78 is 11.2. The molecule has 0 fully saturated rings. The molecule has 0 heterocycles. The van der Waals surface area contributed by atoms with Crippen LogP contribution in [0.4, 0.5) is 5.69 Å². The normalized spacial score (nSPS) is 11.5. The van der Waals surface area contributed by atoms with Crippen molar-refractivity contribution in [2.24, 2.45) is 0 Å². The second-order valence-electron chi connectivity index (χ2n) is 7.00. The number of nitrogens with one attached hydrogen (secondary N) is 1. The molecule has 3 aromatic carbocycles. The summed E-state index contributed by atoms with van der Waals surface area (Å²) in [6, 6.07) is 21.6. The van der Waals surface area contributed by atoms with Crippen molar-refractivity contribution in [2.75, 3.05) is 5.32 Å². The Morgan fingerprint density at radius 3 is 2.26 bits per heavy atom. The summed E-state index contributed by atoms with van der Waals surface area (Å²) in [6.45, 7) is 3.86. The summed E-state index contributed by atoms with van der Waals surface area (Å²) >= 11 is 5.90. The molecule has 3 rings (SSSR count). The molecule has 5 nitrogen and oxygen atoms in total. The number of aryl methyl sites for hydroxylation is 1. The van der Waals surface area contributed by atoms with Crippen LogP contribution in [-0.2, 0) is 22.6 Å². The van der Waals surface area contributed by atoms with Gasteiger partial charge in [-0.2, -0.15) is 0 Å². The van der Waals surface area contributed by atoms with E-state index in [1.165, 1.54) is 12.5 Å². The Balaban J connectivity index is 1.61. The number of ether oxygens (including phenoxy) is 2. The summed E-state index contributed by atoms with van der Waals surface area (Å²) in [5, 5.41) is 3.40. The predicted molar refractivity (Wildman–Crippen MR) is 122 cm³/mol. The monoisotopic (exact) mass is 437 g/mol. The Labute approximate surface area is 187 Å². The van der Waals surface area contributed by atoms with Gasteiger partial charge in [-0.1, -0.05) is 54.9 Å². The van der Waals surface area contributed by atoms with Crippen LogP contribution in [-0.4, -0.2) is 18.0 Å². The topological polar surface area (TPSA) is 64.6 Å². The van der Waals surface area contributed by atoms with Crippen molar-refractivity contribution in [3.05, 3.63) is 94.5 Å². The van der Waals surface area contributed by atoms with E-state index in [1.54, 1.807) is 36.4 Å². The largest absolute Gasteiger partial charge is 0.488 e. The first-order valence-electron chi connectivity index (χ1n) is 10.0. The number of amides is 1. The third-order valence-electron chi connectivity index (χ3n) is 4.70. The van der Waals surface area contributed by atoms with Crippen molar-refractivity contribution in [3.63, 3.8) is 0 Å². The number of rotatable bonds is 8. The average molecular weight is 438 g/mol. The van der Waals surface area contributed by atoms with E-state index in [9.17, 15) is 9.59 Å². The van der Waals surface area contributed by atoms with Gasteiger partial charge in [-0.3, -0.25) is 4.79 Å². The minimum absolute atomic E-state index is 0.253. The molecule has 1 N–H and O–H groups in total. The number of hydrogen-bond acceptors (Lipinski definition) is 4. The van der Waals surface area contributed by atoms with E-state index in [-0.39, 0.29) is 12.2 Å². The summed E-state index contributed by atoms with van der Waals surface area (Å²) in [5.74, 6) is -0.655. The van der Waals surface area contributed by atoms with Gasteiger partial charge in [0.05, 0.1) is 0 Å². The molecule has 0 saturated carbocycles. The van der Waals surface area contributed by atoms with Gasteiger partial charge in [0.1, 0.15) is 17.9 Å². The predicted octanol–water partition coefficient (Wildman–Crippen LogP) is 5.67. The molecule has 0 unspecified atom stereocenters. The molecule has 1 amide bonds. The van der Waals surface area contributed by atoms with Crippen LogP contribution < -0.4 is 10.1 Å². The molecule has 0 aliphatic carbocycles. The molecule has 0 saturated heterocycles. The Morgan fingerprint density at radius 2 is 1.58 bits per heavy atom. The van der Waals surface area contributed by atoms with Gasteiger partial charge >= 0.3 is 5.97 Å². The molecule has 6 heteroatoms. The Kier molecular flexibility index (Phi) is 7.68. The Hall–Kier alpha value is -3.31. The fraction of sp³-hybridized carbons (Fsp3) is 0.200. The maximum absolute atomic E-state index is 12.7. The van der Waals surface area contributed by atoms with Crippen LogP contribution in [0.5, 0.6) is 5.75 Å². The number of hydrogen-bond donors (Lipinski definition) is 1. The van der Waals surface area contributed by atoms with Gasteiger partial charge in [0.15, 0.2) is 6.10 Å². The zero-order chi connectivity index (χ0) is 22.2. The summed E-state index contributed by atoms with van der Waals surface area (Å²) in [7, 11) is 0. The Morgan fingerprint density at radius 1 is 0.935 bits per heavy atom. The lowest BCUT2D eigenvalue weighted by molar-refractivity contribution is -0.123. The first kappa shape index (κ1) is 22.4. The molecule has 0 aliphatic rings. The van der Waals surface area contributed by atoms with Crippen molar-refractivity contribution >= 4 is 29.2 Å². The fourth-order valence-corrected chi connectivity index (χ4v) is 2.97. The molecular formula is C25H24ClNO4. The van der Waals surface area contributed by atoms with Crippen LogP contribution >= 0.6 is 11.6 Å². The van der Waals surface area contributed by atoms with Crippen LogP contribution in [0, 0.1) is 0 Å². The lowest BCUT2D eigenvalue weighted by Crippen LogP contribution is -2.30. The number of para-hydroxylation sites is 1. The first-order valence-corrected chi connectivity index (χ1v) is 10.4. The van der Waals surface area contributed by atoms with Gasteiger partial charge in [-0.25, -0.2) is 4.79 Å². The van der Waals surface area contributed by atoms with Gasteiger partial charge in [0, 0.05) is 10.7 Å². The van der Waals surface area contributed by atoms with E-state index in [0.717, 1.165) is 12.0 Å². The summed E-state index contributed by atoms with van der Waals surface area (Å²) in [5.41, 5.74) is 2.99. The van der Waals surface area contributed by atoms with Gasteiger partial charge in [-0.15, -0.1) is 0 Å². The lowest BCUT2D eigenvalue weighted by Gasteiger charge is -2.15. The van der Waals surface area contributed by atoms with Crippen molar-refractivity contribution < 1.29 is 19.1 Å². The number of anilines is 1. The number of carbonyl (C=O) groups is 2. The fourth-order valence-electron chi connectivity index (χ4n) is 2.85. The van der Waals surface area contributed by atoms with E-state index < -0.39 is 18.0 Å². The maximum atomic E-state index is 12.7. The number of halogens is 1. The third kappa shape index (κ3) is 6.33. The summed E-state index contributed by atoms with van der Waals surface area (Å²) in [6.07, 6.45) is -0.0514. The molecule has 0 aromatic heterocycles. The first-order chi connectivity index (χ1) is 15.0. The van der Waals surface area contributed by atoms with Gasteiger partial charge < -0.3 is 14.8 Å². The molecule has 0 aliphatic heterocycles. The highest BCUT2D eigenvalue weighted by Crippen LogP contribution is 2.22. The van der Waals surface area contributed by atoms with Crippen LogP contribution in [0.1, 0.15) is 35.3 Å². The van der Waals surface area contributed by atoms with E-state index in [4.69, 9.17) is 21.1 Å². The van der Waals surface area contributed by atoms with Gasteiger partial charge in [-0.05, 0) is 60.9 Å². The molecule has 1 atom stereocenters. The number of benzene rings is 3. The molecule has 31 heavy (non-hydrogen) atoms. The minimum Gasteiger partial charge on any atom is -0.488 e. The highest BCUT2D eigenvalue weighted by Gasteiger charge is 2.21. The zero-order valence-corrected chi connectivity index (χ0v) is 18.2. The highest BCUT2D eigenvalue weighted by molar-refractivity contribution is 6.30. The van der Waals surface area contributed by atoms with Gasteiger partial charge in [0.25, 0.3) is 5.91 Å². The van der Waals surface area contributed by atoms with E-state index in [1.807, 2.05) is 36.4 Å². The summed E-state index contributed by atoms with van der Waals surface area (Å²) in [4.78, 5) is 25.1. The lowest BCUT2D eigenvalue weighted by atomic mass is 10.1. The number of esters is 1. The molecule has 3 aromatic rings. The second kappa shape index (κ2) is 10.6. The molecule has 0 spiro atoms. The number of carbonyl (C=O) groups excluding carboxylic acids is 2. The van der Waals surface area contributed by atoms with Crippen molar-refractivity contribution in [1.82, 2.24) is 0 Å². The quantitative estimate of drug-likeness (QED) is 0.461. The molecular weight excluding hydrogens is 414 g/mol. The van der Waals surface area contributed by atoms with E-state index >= 15 is 0 Å². The Bertz CT molecular complexity index is 1030. The molecule has 0 radical (unpaired) electrons. The van der Waals surface area contributed by atoms with Crippen LogP contribution in [0.2, 0.25) is 5.02 Å². The van der Waals surface area contributed by atoms with Crippen LogP contribution in [0.15, 0.2) is 72.8 Å². The molecule has 160 valence electrons.